The first-order chi connectivity index (χ1) is 11.1. The Morgan fingerprint density at radius 2 is 2.04 bits per heavy atom. The molecule has 126 valence electrons. The number of hydrogen-bond acceptors (Lipinski definition) is 3. The first-order valence-corrected chi connectivity index (χ1v) is 8.64. The summed E-state index contributed by atoms with van der Waals surface area (Å²) in [4.78, 5) is 0. The van der Waals surface area contributed by atoms with Crippen LogP contribution in [0.2, 0.25) is 0 Å². The molecule has 1 aromatic carbocycles. The number of benzene rings is 1. The molecular formula is C20H30N2O. The van der Waals surface area contributed by atoms with Crippen LogP contribution in [0.1, 0.15) is 38.7 Å². The SMILES string of the molecule is CCCC1C=CC(Nc2ccc(CC(C)(CN)CO)cc2)=CC1. The molecule has 4 N–H and O–H groups in total. The number of anilines is 1. The molecule has 3 nitrogen and oxygen atoms in total. The van der Waals surface area contributed by atoms with Crippen LogP contribution in [0.25, 0.3) is 0 Å². The van der Waals surface area contributed by atoms with E-state index < -0.39 is 0 Å². The number of allylic oxidation sites excluding steroid dienone is 3. The average Bonchev–Trinajstić information content (AvgIpc) is 2.58. The summed E-state index contributed by atoms with van der Waals surface area (Å²) in [5, 5.41) is 12.9. The van der Waals surface area contributed by atoms with Gasteiger partial charge in [-0.25, -0.2) is 0 Å². The van der Waals surface area contributed by atoms with Gasteiger partial charge in [0.2, 0.25) is 0 Å². The summed E-state index contributed by atoms with van der Waals surface area (Å²) in [5.74, 6) is 0.695. The number of aliphatic hydroxyl groups excluding tert-OH is 1. The summed E-state index contributed by atoms with van der Waals surface area (Å²) < 4.78 is 0. The van der Waals surface area contributed by atoms with Crippen molar-refractivity contribution in [2.75, 3.05) is 18.5 Å². The monoisotopic (exact) mass is 314 g/mol. The van der Waals surface area contributed by atoms with Gasteiger partial charge in [0.1, 0.15) is 0 Å². The maximum atomic E-state index is 9.47. The highest BCUT2D eigenvalue weighted by molar-refractivity contribution is 5.52. The molecule has 2 atom stereocenters. The molecule has 23 heavy (non-hydrogen) atoms. The zero-order valence-corrected chi connectivity index (χ0v) is 14.4. The molecule has 0 aliphatic heterocycles. The largest absolute Gasteiger partial charge is 0.396 e. The molecule has 0 amide bonds. The number of nitrogens with two attached hydrogens (primary N) is 1. The van der Waals surface area contributed by atoms with E-state index in [-0.39, 0.29) is 12.0 Å². The van der Waals surface area contributed by atoms with Gasteiger partial charge in [0.25, 0.3) is 0 Å². The van der Waals surface area contributed by atoms with Crippen molar-refractivity contribution in [2.24, 2.45) is 17.1 Å². The van der Waals surface area contributed by atoms with Crippen LogP contribution in [-0.2, 0) is 6.42 Å². The van der Waals surface area contributed by atoms with Crippen molar-refractivity contribution in [3.8, 4) is 0 Å². The first kappa shape index (κ1) is 17.8. The van der Waals surface area contributed by atoms with Gasteiger partial charge in [-0.2, -0.15) is 0 Å². The van der Waals surface area contributed by atoms with E-state index in [1.54, 1.807) is 0 Å². The first-order valence-electron chi connectivity index (χ1n) is 8.64. The van der Waals surface area contributed by atoms with Crippen molar-refractivity contribution in [3.05, 3.63) is 53.8 Å². The molecule has 0 radical (unpaired) electrons. The van der Waals surface area contributed by atoms with Gasteiger partial charge < -0.3 is 16.2 Å². The minimum Gasteiger partial charge on any atom is -0.396 e. The lowest BCUT2D eigenvalue weighted by atomic mass is 9.84. The topological polar surface area (TPSA) is 58.3 Å². The van der Waals surface area contributed by atoms with Crippen molar-refractivity contribution in [1.29, 1.82) is 0 Å². The Bertz CT molecular complexity index is 541. The molecule has 0 saturated heterocycles. The van der Waals surface area contributed by atoms with Crippen LogP contribution in [0.5, 0.6) is 0 Å². The molecular weight excluding hydrogens is 284 g/mol. The second-order valence-corrected chi connectivity index (χ2v) is 6.97. The summed E-state index contributed by atoms with van der Waals surface area (Å²) >= 11 is 0. The zero-order valence-electron chi connectivity index (χ0n) is 14.4. The minimum atomic E-state index is -0.238. The van der Waals surface area contributed by atoms with Crippen molar-refractivity contribution in [2.45, 2.75) is 39.5 Å². The van der Waals surface area contributed by atoms with E-state index in [4.69, 9.17) is 5.73 Å². The third kappa shape index (κ3) is 5.22. The van der Waals surface area contributed by atoms with Crippen molar-refractivity contribution in [3.63, 3.8) is 0 Å². The molecule has 3 heteroatoms. The molecule has 0 bridgehead atoms. The summed E-state index contributed by atoms with van der Waals surface area (Å²) in [6.45, 7) is 4.85. The minimum absolute atomic E-state index is 0.111. The molecule has 0 heterocycles. The molecule has 1 aliphatic carbocycles. The van der Waals surface area contributed by atoms with Gasteiger partial charge in [-0.1, -0.05) is 44.6 Å². The molecule has 1 aliphatic rings. The van der Waals surface area contributed by atoms with E-state index in [0.29, 0.717) is 12.5 Å². The molecule has 0 aromatic heterocycles. The normalized spacial score (nSPS) is 20.0. The van der Waals surface area contributed by atoms with Gasteiger partial charge in [0.15, 0.2) is 0 Å². The molecule has 0 spiro atoms. The molecule has 2 unspecified atom stereocenters. The quantitative estimate of drug-likeness (QED) is 0.683. The summed E-state index contributed by atoms with van der Waals surface area (Å²) in [6, 6.07) is 8.41. The maximum Gasteiger partial charge on any atom is 0.0500 e. The molecule has 0 fully saturated rings. The van der Waals surface area contributed by atoms with Crippen LogP contribution in [0.15, 0.2) is 48.2 Å². The van der Waals surface area contributed by atoms with Crippen molar-refractivity contribution >= 4 is 5.69 Å². The Balaban J connectivity index is 1.92. The van der Waals surface area contributed by atoms with Crippen molar-refractivity contribution < 1.29 is 5.11 Å². The predicted octanol–water partition coefficient (Wildman–Crippen LogP) is 3.86. The number of nitrogens with one attached hydrogen (secondary N) is 1. The number of hydrogen-bond donors (Lipinski definition) is 3. The smallest absolute Gasteiger partial charge is 0.0500 e. The summed E-state index contributed by atoms with van der Waals surface area (Å²) in [5.41, 5.74) is 9.00. The van der Waals surface area contributed by atoms with E-state index >= 15 is 0 Å². The van der Waals surface area contributed by atoms with E-state index in [1.807, 2.05) is 6.92 Å². The highest BCUT2D eigenvalue weighted by atomic mass is 16.3. The summed E-state index contributed by atoms with van der Waals surface area (Å²) in [7, 11) is 0. The van der Waals surface area contributed by atoms with E-state index in [9.17, 15) is 5.11 Å². The van der Waals surface area contributed by atoms with Crippen LogP contribution in [0.3, 0.4) is 0 Å². The Labute approximate surface area is 140 Å². The van der Waals surface area contributed by atoms with Crippen LogP contribution >= 0.6 is 0 Å². The number of rotatable bonds is 8. The van der Waals surface area contributed by atoms with E-state index in [2.05, 4.69) is 54.7 Å². The Hall–Kier alpha value is -1.58. The Morgan fingerprint density at radius 1 is 1.30 bits per heavy atom. The standard InChI is InChI=1S/C20H30N2O/c1-3-4-16-5-9-18(10-6-16)22-19-11-7-17(8-12-19)13-20(2,14-21)15-23/h5,7-12,16,22-23H,3-4,6,13-15,21H2,1-2H3. The highest BCUT2D eigenvalue weighted by Gasteiger charge is 2.21. The lowest BCUT2D eigenvalue weighted by Crippen LogP contribution is -2.33. The summed E-state index contributed by atoms with van der Waals surface area (Å²) in [6.07, 6.45) is 11.2. The number of aliphatic hydroxyl groups is 1. The van der Waals surface area contributed by atoms with Crippen LogP contribution in [0, 0.1) is 11.3 Å². The van der Waals surface area contributed by atoms with Gasteiger partial charge in [-0.05, 0) is 49.0 Å². The van der Waals surface area contributed by atoms with Crippen LogP contribution in [-0.4, -0.2) is 18.3 Å². The third-order valence-electron chi connectivity index (χ3n) is 4.60. The van der Waals surface area contributed by atoms with Gasteiger partial charge in [0.05, 0.1) is 0 Å². The maximum absolute atomic E-state index is 9.47. The Morgan fingerprint density at radius 3 is 2.57 bits per heavy atom. The third-order valence-corrected chi connectivity index (χ3v) is 4.60. The highest BCUT2D eigenvalue weighted by Crippen LogP contribution is 2.24. The molecule has 2 rings (SSSR count). The average molecular weight is 314 g/mol. The lowest BCUT2D eigenvalue weighted by molar-refractivity contribution is 0.149. The predicted molar refractivity (Wildman–Crippen MR) is 98.3 cm³/mol. The fourth-order valence-electron chi connectivity index (χ4n) is 2.90. The lowest BCUT2D eigenvalue weighted by Gasteiger charge is -2.25. The second-order valence-electron chi connectivity index (χ2n) is 6.97. The fraction of sp³-hybridized carbons (Fsp3) is 0.500. The van der Waals surface area contributed by atoms with Gasteiger partial charge in [-0.15, -0.1) is 0 Å². The Kier molecular flexibility index (Phi) is 6.43. The van der Waals surface area contributed by atoms with E-state index in [0.717, 1.165) is 18.5 Å². The molecule has 1 aromatic rings. The second kappa shape index (κ2) is 8.32. The van der Waals surface area contributed by atoms with Gasteiger partial charge >= 0.3 is 0 Å². The molecule has 0 saturated carbocycles. The van der Waals surface area contributed by atoms with Crippen molar-refractivity contribution in [1.82, 2.24) is 0 Å². The van der Waals surface area contributed by atoms with Gasteiger partial charge in [0, 0.05) is 30.0 Å². The fourth-order valence-corrected chi connectivity index (χ4v) is 2.90. The van der Waals surface area contributed by atoms with Crippen LogP contribution in [0.4, 0.5) is 5.69 Å². The zero-order chi connectivity index (χ0) is 16.7. The van der Waals surface area contributed by atoms with E-state index in [1.165, 1.54) is 24.1 Å². The van der Waals surface area contributed by atoms with Gasteiger partial charge in [-0.3, -0.25) is 0 Å². The van der Waals surface area contributed by atoms with Crippen LogP contribution < -0.4 is 11.1 Å².